The van der Waals surface area contributed by atoms with Crippen LogP contribution >= 0.6 is 0 Å². The molecular weight excluding hydrogens is 238 g/mol. The summed E-state index contributed by atoms with van der Waals surface area (Å²) in [6.45, 7) is 9.16. The molecule has 1 spiro atoms. The number of hydrogen-bond acceptors (Lipinski definition) is 3. The van der Waals surface area contributed by atoms with Gasteiger partial charge in [0.25, 0.3) is 0 Å². The van der Waals surface area contributed by atoms with Gasteiger partial charge in [0.05, 0.1) is 18.3 Å². The molecule has 0 radical (unpaired) electrons. The highest BCUT2D eigenvalue weighted by atomic mass is 16.5. The average Bonchev–Trinajstić information content (AvgIpc) is 3.00. The van der Waals surface area contributed by atoms with Gasteiger partial charge in [0, 0.05) is 19.2 Å². The molecule has 2 rings (SSSR count). The van der Waals surface area contributed by atoms with E-state index in [9.17, 15) is 0 Å². The normalized spacial score (nSPS) is 27.5. The third kappa shape index (κ3) is 4.17. The smallest absolute Gasteiger partial charge is 0.0708 e. The van der Waals surface area contributed by atoms with Crippen LogP contribution in [0.1, 0.15) is 59.3 Å². The zero-order chi connectivity index (χ0) is 13.7. The van der Waals surface area contributed by atoms with E-state index in [-0.39, 0.29) is 5.60 Å². The lowest BCUT2D eigenvalue weighted by Crippen LogP contribution is -2.42. The molecule has 1 saturated carbocycles. The summed E-state index contributed by atoms with van der Waals surface area (Å²) in [6, 6.07) is 0.448. The molecule has 3 heteroatoms. The first-order valence-corrected chi connectivity index (χ1v) is 8.14. The Hall–Kier alpha value is -0.120. The van der Waals surface area contributed by atoms with Crippen molar-refractivity contribution in [3.63, 3.8) is 0 Å². The molecule has 0 aromatic heterocycles. The first-order chi connectivity index (χ1) is 9.15. The Bertz CT molecular complexity index is 261. The van der Waals surface area contributed by atoms with Crippen LogP contribution in [0, 0.1) is 5.92 Å². The summed E-state index contributed by atoms with van der Waals surface area (Å²) in [5.41, 5.74) is 0.263. The fourth-order valence-electron chi connectivity index (χ4n) is 3.44. The first kappa shape index (κ1) is 15.3. The van der Waals surface area contributed by atoms with Gasteiger partial charge in [0.2, 0.25) is 0 Å². The van der Waals surface area contributed by atoms with Crippen molar-refractivity contribution in [1.82, 2.24) is 5.32 Å². The van der Waals surface area contributed by atoms with E-state index in [1.165, 1.54) is 38.5 Å². The Balaban J connectivity index is 1.72. The lowest BCUT2D eigenvalue weighted by atomic mass is 9.98. The van der Waals surface area contributed by atoms with E-state index in [2.05, 4.69) is 26.1 Å². The van der Waals surface area contributed by atoms with Crippen molar-refractivity contribution >= 4 is 0 Å². The molecule has 2 unspecified atom stereocenters. The van der Waals surface area contributed by atoms with E-state index in [1.807, 2.05) is 0 Å². The summed E-state index contributed by atoms with van der Waals surface area (Å²) in [4.78, 5) is 0. The van der Waals surface area contributed by atoms with Crippen LogP contribution in [0.4, 0.5) is 0 Å². The Kier molecular flexibility index (Phi) is 5.67. The molecule has 1 heterocycles. The lowest BCUT2D eigenvalue weighted by Gasteiger charge is -2.26. The van der Waals surface area contributed by atoms with Crippen molar-refractivity contribution in [2.24, 2.45) is 5.92 Å². The highest BCUT2D eigenvalue weighted by Crippen LogP contribution is 2.43. The van der Waals surface area contributed by atoms with Crippen LogP contribution in [0.3, 0.4) is 0 Å². The summed E-state index contributed by atoms with van der Waals surface area (Å²) in [5.74, 6) is 0.605. The maximum atomic E-state index is 6.34. The van der Waals surface area contributed by atoms with E-state index in [4.69, 9.17) is 9.47 Å². The van der Waals surface area contributed by atoms with Gasteiger partial charge in [-0.15, -0.1) is 0 Å². The Morgan fingerprint density at radius 2 is 2.00 bits per heavy atom. The van der Waals surface area contributed by atoms with Crippen LogP contribution in [0.5, 0.6) is 0 Å². The molecule has 2 atom stereocenters. The van der Waals surface area contributed by atoms with Gasteiger partial charge in [0.15, 0.2) is 0 Å². The fraction of sp³-hybridized carbons (Fsp3) is 1.00. The van der Waals surface area contributed by atoms with Crippen molar-refractivity contribution < 1.29 is 9.47 Å². The molecule has 19 heavy (non-hydrogen) atoms. The maximum absolute atomic E-state index is 6.34. The van der Waals surface area contributed by atoms with E-state index < -0.39 is 0 Å². The van der Waals surface area contributed by atoms with Gasteiger partial charge in [-0.1, -0.05) is 26.7 Å². The molecule has 3 nitrogen and oxygen atoms in total. The highest BCUT2D eigenvalue weighted by molar-refractivity contribution is 4.93. The quantitative estimate of drug-likeness (QED) is 0.770. The van der Waals surface area contributed by atoms with E-state index >= 15 is 0 Å². The molecule has 112 valence electrons. The van der Waals surface area contributed by atoms with Crippen LogP contribution in [0.2, 0.25) is 0 Å². The molecule has 2 aliphatic rings. The van der Waals surface area contributed by atoms with E-state index in [0.29, 0.717) is 18.1 Å². The van der Waals surface area contributed by atoms with Crippen LogP contribution in [0.15, 0.2) is 0 Å². The molecule has 1 aliphatic carbocycles. The summed E-state index contributed by atoms with van der Waals surface area (Å²) in [6.07, 6.45) is 8.22. The Morgan fingerprint density at radius 3 is 2.63 bits per heavy atom. The second-order valence-electron chi connectivity index (χ2n) is 6.59. The summed E-state index contributed by atoms with van der Waals surface area (Å²) in [5, 5.41) is 3.65. The SMILES string of the molecule is CCOCC(NCC1CCC2(CCCC2)O1)C(C)C. The largest absolute Gasteiger partial charge is 0.380 e. The first-order valence-electron chi connectivity index (χ1n) is 8.14. The monoisotopic (exact) mass is 269 g/mol. The van der Waals surface area contributed by atoms with Crippen LogP contribution in [0.25, 0.3) is 0 Å². The van der Waals surface area contributed by atoms with Crippen LogP contribution in [-0.4, -0.2) is 37.5 Å². The Labute approximate surface area is 118 Å². The van der Waals surface area contributed by atoms with Crippen LogP contribution in [-0.2, 0) is 9.47 Å². The van der Waals surface area contributed by atoms with Crippen molar-refractivity contribution in [2.75, 3.05) is 19.8 Å². The van der Waals surface area contributed by atoms with E-state index in [1.54, 1.807) is 0 Å². The summed E-state index contributed by atoms with van der Waals surface area (Å²) >= 11 is 0. The van der Waals surface area contributed by atoms with Crippen molar-refractivity contribution in [1.29, 1.82) is 0 Å². The van der Waals surface area contributed by atoms with Crippen molar-refractivity contribution in [3.05, 3.63) is 0 Å². The molecule has 1 saturated heterocycles. The topological polar surface area (TPSA) is 30.5 Å². The number of rotatable bonds is 7. The van der Waals surface area contributed by atoms with Gasteiger partial charge in [0.1, 0.15) is 0 Å². The number of nitrogens with one attached hydrogen (secondary N) is 1. The number of ether oxygens (including phenoxy) is 2. The summed E-state index contributed by atoms with van der Waals surface area (Å²) < 4.78 is 11.9. The standard InChI is InChI=1S/C16H31NO2/c1-4-18-12-15(13(2)3)17-11-14-7-10-16(19-14)8-5-6-9-16/h13-15,17H,4-12H2,1-3H3. The second kappa shape index (κ2) is 7.05. The molecule has 0 amide bonds. The number of hydrogen-bond donors (Lipinski definition) is 1. The van der Waals surface area contributed by atoms with E-state index in [0.717, 1.165) is 19.8 Å². The fourth-order valence-corrected chi connectivity index (χ4v) is 3.44. The van der Waals surface area contributed by atoms with Gasteiger partial charge in [-0.2, -0.15) is 0 Å². The van der Waals surface area contributed by atoms with Gasteiger partial charge >= 0.3 is 0 Å². The molecule has 1 N–H and O–H groups in total. The molecule has 2 fully saturated rings. The minimum absolute atomic E-state index is 0.263. The minimum Gasteiger partial charge on any atom is -0.380 e. The average molecular weight is 269 g/mol. The maximum Gasteiger partial charge on any atom is 0.0708 e. The van der Waals surface area contributed by atoms with Gasteiger partial charge in [-0.25, -0.2) is 0 Å². The van der Waals surface area contributed by atoms with Gasteiger partial charge < -0.3 is 14.8 Å². The molecule has 0 aromatic rings. The molecular formula is C16H31NO2. The molecule has 0 aromatic carbocycles. The van der Waals surface area contributed by atoms with Crippen LogP contribution < -0.4 is 5.32 Å². The van der Waals surface area contributed by atoms with Gasteiger partial charge in [-0.3, -0.25) is 0 Å². The lowest BCUT2D eigenvalue weighted by molar-refractivity contribution is -0.0373. The predicted molar refractivity (Wildman–Crippen MR) is 78.4 cm³/mol. The summed E-state index contributed by atoms with van der Waals surface area (Å²) in [7, 11) is 0. The van der Waals surface area contributed by atoms with Crippen molar-refractivity contribution in [3.8, 4) is 0 Å². The minimum atomic E-state index is 0.263. The molecule has 0 bridgehead atoms. The Morgan fingerprint density at radius 1 is 1.26 bits per heavy atom. The van der Waals surface area contributed by atoms with Gasteiger partial charge in [-0.05, 0) is 38.5 Å². The third-order valence-corrected chi connectivity index (χ3v) is 4.77. The highest BCUT2D eigenvalue weighted by Gasteiger charge is 2.42. The molecule has 1 aliphatic heterocycles. The zero-order valence-electron chi connectivity index (χ0n) is 12.9. The second-order valence-corrected chi connectivity index (χ2v) is 6.59. The zero-order valence-corrected chi connectivity index (χ0v) is 12.9. The van der Waals surface area contributed by atoms with Crippen molar-refractivity contribution in [2.45, 2.75) is 77.0 Å². The third-order valence-electron chi connectivity index (χ3n) is 4.77. The predicted octanol–water partition coefficient (Wildman–Crippen LogP) is 3.13.